The van der Waals surface area contributed by atoms with E-state index < -0.39 is 46.7 Å². The zero-order valence-corrected chi connectivity index (χ0v) is 22.2. The van der Waals surface area contributed by atoms with Crippen LogP contribution < -0.4 is 14.2 Å². The van der Waals surface area contributed by atoms with Crippen LogP contribution >= 0.6 is 0 Å². The summed E-state index contributed by atoms with van der Waals surface area (Å²) in [7, 11) is 0. The van der Waals surface area contributed by atoms with Crippen molar-refractivity contribution >= 4 is 11.5 Å². The molecule has 0 bridgehead atoms. The van der Waals surface area contributed by atoms with Crippen molar-refractivity contribution in [3.05, 3.63) is 83.2 Å². The van der Waals surface area contributed by atoms with Crippen molar-refractivity contribution in [3.63, 3.8) is 0 Å². The standard InChI is InChI=1S/C31H29F5O4/c1-3-5-16-39-25-14-15-26(30(36)29(25)35)40-31(37)19-8-6-18(7-9-19)20-10-11-21(23(32)17-20)22-12-13-24(38-4-2)28(34)27(22)33/h6,10-15,17,19H,3-5,7-9,16H2,1-2H3. The minimum atomic E-state index is -1.30. The van der Waals surface area contributed by atoms with Crippen LogP contribution in [0.2, 0.25) is 0 Å². The molecule has 0 saturated carbocycles. The molecule has 40 heavy (non-hydrogen) atoms. The third-order valence-electron chi connectivity index (χ3n) is 6.70. The van der Waals surface area contributed by atoms with Crippen molar-refractivity contribution < 1.29 is 41.0 Å². The molecule has 0 aromatic heterocycles. The number of allylic oxidation sites excluding steroid dienone is 2. The van der Waals surface area contributed by atoms with Crippen LogP contribution in [-0.4, -0.2) is 19.2 Å². The normalized spacial score (nSPS) is 15.0. The smallest absolute Gasteiger partial charge is 0.314 e. The summed E-state index contributed by atoms with van der Waals surface area (Å²) in [5.41, 5.74) is 0.970. The van der Waals surface area contributed by atoms with E-state index in [2.05, 4.69) is 0 Å². The van der Waals surface area contributed by atoms with Gasteiger partial charge < -0.3 is 14.2 Å². The number of carbonyl (C=O) groups excluding carboxylic acids is 1. The number of rotatable bonds is 10. The van der Waals surface area contributed by atoms with E-state index in [1.54, 1.807) is 19.1 Å². The molecule has 4 nitrogen and oxygen atoms in total. The number of benzene rings is 3. The van der Waals surface area contributed by atoms with E-state index >= 15 is 0 Å². The Balaban J connectivity index is 1.43. The molecule has 3 aromatic carbocycles. The highest BCUT2D eigenvalue weighted by atomic mass is 19.2. The summed E-state index contributed by atoms with van der Waals surface area (Å²) >= 11 is 0. The molecule has 0 radical (unpaired) electrons. The lowest BCUT2D eigenvalue weighted by Crippen LogP contribution is -2.22. The molecule has 1 atom stereocenters. The number of ether oxygens (including phenoxy) is 3. The maximum absolute atomic E-state index is 15.0. The second kappa shape index (κ2) is 13.0. The topological polar surface area (TPSA) is 44.8 Å². The quantitative estimate of drug-likeness (QED) is 0.108. The Labute approximate surface area is 229 Å². The molecule has 4 rings (SSSR count). The van der Waals surface area contributed by atoms with Crippen molar-refractivity contribution in [3.8, 4) is 28.4 Å². The van der Waals surface area contributed by atoms with Gasteiger partial charge >= 0.3 is 5.97 Å². The highest BCUT2D eigenvalue weighted by Gasteiger charge is 2.27. The van der Waals surface area contributed by atoms with E-state index in [4.69, 9.17) is 14.2 Å². The number of hydrogen-bond acceptors (Lipinski definition) is 4. The van der Waals surface area contributed by atoms with E-state index in [9.17, 15) is 26.7 Å². The lowest BCUT2D eigenvalue weighted by atomic mass is 9.86. The zero-order valence-electron chi connectivity index (χ0n) is 22.2. The zero-order chi connectivity index (χ0) is 28.8. The predicted octanol–water partition coefficient (Wildman–Crippen LogP) is 8.42. The molecular formula is C31H29F5O4. The largest absolute Gasteiger partial charge is 0.491 e. The molecule has 0 amide bonds. The molecule has 1 aliphatic carbocycles. The van der Waals surface area contributed by atoms with Crippen LogP contribution in [0.25, 0.3) is 16.7 Å². The SMILES string of the molecule is CCCCOc1ccc(OC(=O)C2CC=C(c3ccc(-c4ccc(OCC)c(F)c4F)c(F)c3)CC2)c(F)c1F. The van der Waals surface area contributed by atoms with Crippen molar-refractivity contribution in [2.45, 2.75) is 46.0 Å². The summed E-state index contributed by atoms with van der Waals surface area (Å²) in [6.45, 7) is 3.98. The lowest BCUT2D eigenvalue weighted by Gasteiger charge is -2.21. The monoisotopic (exact) mass is 560 g/mol. The van der Waals surface area contributed by atoms with E-state index in [1.807, 2.05) is 6.92 Å². The molecule has 3 aromatic rings. The van der Waals surface area contributed by atoms with Crippen LogP contribution in [0.5, 0.6) is 17.2 Å². The van der Waals surface area contributed by atoms with Gasteiger partial charge in [0.25, 0.3) is 0 Å². The average molecular weight is 561 g/mol. The fraction of sp³-hybridized carbons (Fsp3) is 0.323. The van der Waals surface area contributed by atoms with Gasteiger partial charge in [0.05, 0.1) is 19.1 Å². The van der Waals surface area contributed by atoms with Gasteiger partial charge in [-0.25, -0.2) is 8.78 Å². The Morgan fingerprint density at radius 3 is 2.15 bits per heavy atom. The van der Waals surface area contributed by atoms with Gasteiger partial charge in [0, 0.05) is 11.1 Å². The van der Waals surface area contributed by atoms with Gasteiger partial charge in [0.15, 0.2) is 23.1 Å². The van der Waals surface area contributed by atoms with Crippen LogP contribution in [0.4, 0.5) is 22.0 Å². The first-order valence-corrected chi connectivity index (χ1v) is 13.2. The molecule has 1 unspecified atom stereocenters. The first-order valence-electron chi connectivity index (χ1n) is 13.2. The van der Waals surface area contributed by atoms with Crippen molar-refractivity contribution in [2.24, 2.45) is 5.92 Å². The summed E-state index contributed by atoms with van der Waals surface area (Å²) in [6, 6.07) is 9.10. The third kappa shape index (κ3) is 6.29. The number of esters is 1. The van der Waals surface area contributed by atoms with Gasteiger partial charge in [0.1, 0.15) is 5.82 Å². The summed E-state index contributed by atoms with van der Waals surface area (Å²) in [5, 5.41) is 0. The Morgan fingerprint density at radius 2 is 1.48 bits per heavy atom. The summed E-state index contributed by atoms with van der Waals surface area (Å²) in [5.74, 6) is -7.95. The molecule has 212 valence electrons. The number of halogens is 5. The highest BCUT2D eigenvalue weighted by molar-refractivity contribution is 5.78. The average Bonchev–Trinajstić information content (AvgIpc) is 2.95. The van der Waals surface area contributed by atoms with E-state index in [1.165, 1.54) is 30.3 Å². The number of hydrogen-bond donors (Lipinski definition) is 0. The lowest BCUT2D eigenvalue weighted by molar-refractivity contribution is -0.139. The first-order chi connectivity index (χ1) is 19.2. The Morgan fingerprint density at radius 1 is 0.825 bits per heavy atom. The van der Waals surface area contributed by atoms with Crippen molar-refractivity contribution in [1.82, 2.24) is 0 Å². The van der Waals surface area contributed by atoms with E-state index in [0.717, 1.165) is 18.1 Å². The summed E-state index contributed by atoms with van der Waals surface area (Å²) < 4.78 is 88.0. The highest BCUT2D eigenvalue weighted by Crippen LogP contribution is 2.36. The molecule has 0 fully saturated rings. The third-order valence-corrected chi connectivity index (χ3v) is 6.70. The van der Waals surface area contributed by atoms with Gasteiger partial charge in [-0.15, -0.1) is 0 Å². The first kappa shape index (κ1) is 29.1. The molecule has 0 saturated heterocycles. The van der Waals surface area contributed by atoms with Gasteiger partial charge in [-0.3, -0.25) is 4.79 Å². The second-order valence-electron chi connectivity index (χ2n) is 9.38. The fourth-order valence-electron chi connectivity index (χ4n) is 4.47. The van der Waals surface area contributed by atoms with Crippen LogP contribution in [0, 0.1) is 35.0 Å². The van der Waals surface area contributed by atoms with Crippen molar-refractivity contribution in [1.29, 1.82) is 0 Å². The van der Waals surface area contributed by atoms with Gasteiger partial charge in [0.2, 0.25) is 17.5 Å². The molecule has 0 heterocycles. The van der Waals surface area contributed by atoms with E-state index in [-0.39, 0.29) is 42.3 Å². The Hall–Kier alpha value is -3.88. The molecular weight excluding hydrogens is 531 g/mol. The number of unbranched alkanes of at least 4 members (excludes halogenated alkanes) is 1. The van der Waals surface area contributed by atoms with E-state index in [0.29, 0.717) is 24.8 Å². The van der Waals surface area contributed by atoms with Crippen LogP contribution in [0.15, 0.2) is 48.5 Å². The fourth-order valence-corrected chi connectivity index (χ4v) is 4.47. The molecule has 9 heteroatoms. The second-order valence-corrected chi connectivity index (χ2v) is 9.38. The maximum atomic E-state index is 15.0. The molecule has 0 spiro atoms. The molecule has 0 N–H and O–H groups in total. The van der Waals surface area contributed by atoms with Gasteiger partial charge in [-0.05, 0) is 74.1 Å². The van der Waals surface area contributed by atoms with Crippen molar-refractivity contribution in [2.75, 3.05) is 13.2 Å². The Kier molecular flexibility index (Phi) is 9.45. The maximum Gasteiger partial charge on any atom is 0.314 e. The summed E-state index contributed by atoms with van der Waals surface area (Å²) in [6.07, 6.45) is 4.26. The predicted molar refractivity (Wildman–Crippen MR) is 141 cm³/mol. The van der Waals surface area contributed by atoms with Crippen LogP contribution in [0.1, 0.15) is 51.5 Å². The van der Waals surface area contributed by atoms with Crippen LogP contribution in [-0.2, 0) is 4.79 Å². The summed E-state index contributed by atoms with van der Waals surface area (Å²) in [4.78, 5) is 12.6. The number of carbonyl (C=O) groups is 1. The van der Waals surface area contributed by atoms with Crippen LogP contribution in [0.3, 0.4) is 0 Å². The minimum Gasteiger partial charge on any atom is -0.491 e. The van der Waals surface area contributed by atoms with Gasteiger partial charge in [-0.2, -0.15) is 13.2 Å². The minimum absolute atomic E-state index is 0.0999. The van der Waals surface area contributed by atoms with Gasteiger partial charge in [-0.1, -0.05) is 31.6 Å². The molecule has 1 aliphatic rings. The Bertz CT molecular complexity index is 1420. The molecule has 0 aliphatic heterocycles.